The summed E-state index contributed by atoms with van der Waals surface area (Å²) in [6.45, 7) is 6.10. The van der Waals surface area contributed by atoms with Crippen LogP contribution in [0.3, 0.4) is 0 Å². The molecule has 0 spiro atoms. The van der Waals surface area contributed by atoms with Gasteiger partial charge < -0.3 is 5.11 Å². The molecule has 0 heterocycles. The molecule has 0 bridgehead atoms. The largest absolute Gasteiger partial charge is 0.506 e. The molecule has 0 aliphatic rings. The molecule has 0 aliphatic carbocycles. The van der Waals surface area contributed by atoms with E-state index in [1.807, 2.05) is 26.8 Å². The van der Waals surface area contributed by atoms with Gasteiger partial charge in [-0.25, -0.2) is 0 Å². The number of hydrogen-bond donors (Lipinski definition) is 1. The molecule has 0 saturated carbocycles. The quantitative estimate of drug-likeness (QED) is 0.747. The third-order valence-corrected chi connectivity index (χ3v) is 2.58. The Balaban J connectivity index is 3.37. The van der Waals surface area contributed by atoms with Crippen molar-refractivity contribution in [2.75, 3.05) is 0 Å². The van der Waals surface area contributed by atoms with Crippen LogP contribution in [-0.2, 0) is 5.41 Å². The standard InChI is InChI=1S/C10H12BrClO/c1-10(2,3)7-4-6(11)5-8(12)9(7)13/h4-5,13H,1-3H3. The number of halogens is 2. The summed E-state index contributed by atoms with van der Waals surface area (Å²) in [5.74, 6) is 0.178. The van der Waals surface area contributed by atoms with Crippen LogP contribution >= 0.6 is 27.5 Å². The highest BCUT2D eigenvalue weighted by atomic mass is 79.9. The molecule has 1 rings (SSSR count). The van der Waals surface area contributed by atoms with Crippen molar-refractivity contribution in [2.45, 2.75) is 26.2 Å². The average molecular weight is 264 g/mol. The van der Waals surface area contributed by atoms with E-state index in [-0.39, 0.29) is 11.2 Å². The first-order chi connectivity index (χ1) is 5.82. The highest BCUT2D eigenvalue weighted by molar-refractivity contribution is 9.10. The Kier molecular flexibility index (Phi) is 2.93. The van der Waals surface area contributed by atoms with Gasteiger partial charge in [-0.05, 0) is 17.5 Å². The van der Waals surface area contributed by atoms with Gasteiger partial charge in [-0.1, -0.05) is 48.3 Å². The van der Waals surface area contributed by atoms with Crippen molar-refractivity contribution in [3.8, 4) is 5.75 Å². The van der Waals surface area contributed by atoms with Gasteiger partial charge in [-0.3, -0.25) is 0 Å². The molecule has 0 saturated heterocycles. The summed E-state index contributed by atoms with van der Waals surface area (Å²) in [7, 11) is 0. The summed E-state index contributed by atoms with van der Waals surface area (Å²) >= 11 is 9.19. The van der Waals surface area contributed by atoms with Crippen LogP contribution in [0.25, 0.3) is 0 Å². The maximum Gasteiger partial charge on any atom is 0.137 e. The molecule has 0 fully saturated rings. The van der Waals surface area contributed by atoms with Crippen molar-refractivity contribution < 1.29 is 5.11 Å². The van der Waals surface area contributed by atoms with Crippen LogP contribution in [0.15, 0.2) is 16.6 Å². The maximum absolute atomic E-state index is 9.70. The van der Waals surface area contributed by atoms with Crippen LogP contribution in [0.2, 0.25) is 5.02 Å². The number of phenols is 1. The molecule has 0 aromatic heterocycles. The van der Waals surface area contributed by atoms with Crippen LogP contribution in [0.4, 0.5) is 0 Å². The lowest BCUT2D eigenvalue weighted by molar-refractivity contribution is 0.447. The minimum atomic E-state index is -0.0997. The van der Waals surface area contributed by atoms with E-state index in [1.165, 1.54) is 0 Å². The van der Waals surface area contributed by atoms with Gasteiger partial charge in [-0.15, -0.1) is 0 Å². The predicted molar refractivity (Wildman–Crippen MR) is 59.5 cm³/mol. The van der Waals surface area contributed by atoms with Gasteiger partial charge in [0.2, 0.25) is 0 Å². The second kappa shape index (κ2) is 3.50. The van der Waals surface area contributed by atoms with Gasteiger partial charge in [0.1, 0.15) is 5.75 Å². The Labute approximate surface area is 91.9 Å². The second-order valence-electron chi connectivity index (χ2n) is 4.03. The summed E-state index contributed by atoms with van der Waals surface area (Å²) in [6.07, 6.45) is 0. The van der Waals surface area contributed by atoms with Gasteiger partial charge in [0.25, 0.3) is 0 Å². The number of aromatic hydroxyl groups is 1. The number of rotatable bonds is 0. The Morgan fingerprint density at radius 2 is 1.85 bits per heavy atom. The van der Waals surface area contributed by atoms with Crippen LogP contribution in [0.5, 0.6) is 5.75 Å². The van der Waals surface area contributed by atoms with E-state index in [9.17, 15) is 5.11 Å². The minimum absolute atomic E-state index is 0.0997. The van der Waals surface area contributed by atoms with Crippen molar-refractivity contribution >= 4 is 27.5 Å². The predicted octanol–water partition coefficient (Wildman–Crippen LogP) is 4.11. The second-order valence-corrected chi connectivity index (χ2v) is 5.36. The molecule has 1 nitrogen and oxygen atoms in total. The third-order valence-electron chi connectivity index (χ3n) is 1.84. The molecule has 0 radical (unpaired) electrons. The first-order valence-electron chi connectivity index (χ1n) is 4.01. The normalized spacial score (nSPS) is 11.8. The van der Waals surface area contributed by atoms with Crippen LogP contribution in [-0.4, -0.2) is 5.11 Å². The topological polar surface area (TPSA) is 20.2 Å². The van der Waals surface area contributed by atoms with E-state index in [0.717, 1.165) is 10.0 Å². The van der Waals surface area contributed by atoms with Crippen LogP contribution in [0, 0.1) is 0 Å². The highest BCUT2D eigenvalue weighted by Crippen LogP contribution is 2.38. The summed E-state index contributed by atoms with van der Waals surface area (Å²) in [5.41, 5.74) is 0.754. The fourth-order valence-corrected chi connectivity index (χ4v) is 1.95. The third kappa shape index (κ3) is 2.38. The first kappa shape index (κ1) is 10.9. The Hall–Kier alpha value is -0.210. The van der Waals surface area contributed by atoms with Crippen LogP contribution in [0.1, 0.15) is 26.3 Å². The Morgan fingerprint density at radius 1 is 1.31 bits per heavy atom. The van der Waals surface area contributed by atoms with E-state index in [4.69, 9.17) is 11.6 Å². The van der Waals surface area contributed by atoms with Crippen molar-refractivity contribution in [2.24, 2.45) is 0 Å². The van der Waals surface area contributed by atoms with E-state index in [0.29, 0.717) is 5.02 Å². The van der Waals surface area contributed by atoms with E-state index in [2.05, 4.69) is 15.9 Å². The molecule has 1 aromatic rings. The molecule has 3 heteroatoms. The molecule has 1 N–H and O–H groups in total. The van der Waals surface area contributed by atoms with Crippen molar-refractivity contribution in [1.29, 1.82) is 0 Å². The van der Waals surface area contributed by atoms with Crippen molar-refractivity contribution in [1.82, 2.24) is 0 Å². The SMILES string of the molecule is CC(C)(C)c1cc(Br)cc(Cl)c1O. The lowest BCUT2D eigenvalue weighted by atomic mass is 9.86. The number of benzene rings is 1. The Bertz CT molecular complexity index is 328. The van der Waals surface area contributed by atoms with E-state index in [1.54, 1.807) is 6.07 Å². The zero-order chi connectivity index (χ0) is 10.2. The van der Waals surface area contributed by atoms with Crippen molar-refractivity contribution in [3.63, 3.8) is 0 Å². The first-order valence-corrected chi connectivity index (χ1v) is 5.18. The average Bonchev–Trinajstić information content (AvgIpc) is 1.94. The molecular formula is C10H12BrClO. The molecular weight excluding hydrogens is 251 g/mol. The molecule has 0 unspecified atom stereocenters. The maximum atomic E-state index is 9.70. The number of hydrogen-bond acceptors (Lipinski definition) is 1. The molecule has 1 aromatic carbocycles. The Morgan fingerprint density at radius 3 is 2.31 bits per heavy atom. The number of phenolic OH excluding ortho intramolecular Hbond substituents is 1. The lowest BCUT2D eigenvalue weighted by Gasteiger charge is -2.21. The van der Waals surface area contributed by atoms with Crippen LogP contribution < -0.4 is 0 Å². The summed E-state index contributed by atoms with van der Waals surface area (Å²) < 4.78 is 0.889. The smallest absolute Gasteiger partial charge is 0.137 e. The molecule has 0 atom stereocenters. The summed E-state index contributed by atoms with van der Waals surface area (Å²) in [5, 5.41) is 10.1. The van der Waals surface area contributed by atoms with Gasteiger partial charge >= 0.3 is 0 Å². The molecule has 72 valence electrons. The van der Waals surface area contributed by atoms with Gasteiger partial charge in [0.15, 0.2) is 0 Å². The molecule has 0 amide bonds. The molecule has 13 heavy (non-hydrogen) atoms. The summed E-state index contributed by atoms with van der Waals surface area (Å²) in [4.78, 5) is 0. The molecule has 0 aliphatic heterocycles. The monoisotopic (exact) mass is 262 g/mol. The van der Waals surface area contributed by atoms with Gasteiger partial charge in [0.05, 0.1) is 5.02 Å². The van der Waals surface area contributed by atoms with Crippen molar-refractivity contribution in [3.05, 3.63) is 27.2 Å². The zero-order valence-electron chi connectivity index (χ0n) is 7.86. The van der Waals surface area contributed by atoms with E-state index >= 15 is 0 Å². The zero-order valence-corrected chi connectivity index (χ0v) is 10.2. The highest BCUT2D eigenvalue weighted by Gasteiger charge is 2.20. The van der Waals surface area contributed by atoms with E-state index < -0.39 is 0 Å². The van der Waals surface area contributed by atoms with Gasteiger partial charge in [0, 0.05) is 10.0 Å². The minimum Gasteiger partial charge on any atom is -0.506 e. The van der Waals surface area contributed by atoms with Gasteiger partial charge in [-0.2, -0.15) is 0 Å². The fraction of sp³-hybridized carbons (Fsp3) is 0.400. The summed E-state index contributed by atoms with van der Waals surface area (Å²) in [6, 6.07) is 3.58. The lowest BCUT2D eigenvalue weighted by Crippen LogP contribution is -2.11. The fourth-order valence-electron chi connectivity index (χ4n) is 1.14.